The Morgan fingerprint density at radius 2 is 2.00 bits per heavy atom. The summed E-state index contributed by atoms with van der Waals surface area (Å²) in [6, 6.07) is 9.62. The van der Waals surface area contributed by atoms with E-state index in [4.69, 9.17) is 22.1 Å². The molecule has 0 bridgehead atoms. The summed E-state index contributed by atoms with van der Waals surface area (Å²) in [5.74, 6) is -1.01. The predicted octanol–water partition coefficient (Wildman–Crippen LogP) is 4.13. The zero-order chi connectivity index (χ0) is 24.0. The van der Waals surface area contributed by atoms with Crippen molar-refractivity contribution in [1.29, 1.82) is 0 Å². The molecule has 3 rings (SSSR count). The Kier molecular flexibility index (Phi) is 8.13. The molecule has 0 spiro atoms. The first-order valence-electron chi connectivity index (χ1n) is 10.2. The van der Waals surface area contributed by atoms with Crippen molar-refractivity contribution in [2.24, 2.45) is 5.73 Å². The summed E-state index contributed by atoms with van der Waals surface area (Å²) in [4.78, 5) is 30.2. The lowest BCUT2D eigenvalue weighted by Gasteiger charge is -2.27. The zero-order valence-corrected chi connectivity index (χ0v) is 18.6. The van der Waals surface area contributed by atoms with E-state index in [1.54, 1.807) is 19.2 Å². The van der Waals surface area contributed by atoms with Gasteiger partial charge in [0.2, 0.25) is 5.91 Å². The molecular formula is C23H23ClF2N4O3. The number of fused-ring (bicyclic) bond motifs is 1. The number of nitrogens with two attached hydrogens (primary N) is 1. The Hall–Kier alpha value is -3.30. The van der Waals surface area contributed by atoms with Crippen molar-refractivity contribution in [3.8, 4) is 0 Å². The number of aromatic nitrogens is 1. The Bertz CT molecular complexity index is 1160. The van der Waals surface area contributed by atoms with Crippen LogP contribution in [0.25, 0.3) is 10.8 Å². The molecule has 2 aromatic carbocycles. The summed E-state index contributed by atoms with van der Waals surface area (Å²) < 4.78 is 32.2. The van der Waals surface area contributed by atoms with Crippen molar-refractivity contribution in [1.82, 2.24) is 9.88 Å². The number of nitrogens with one attached hydrogen (secondary N) is 1. The smallest absolute Gasteiger partial charge is 0.412 e. The average molecular weight is 477 g/mol. The molecule has 7 nitrogen and oxygen atoms in total. The fourth-order valence-electron chi connectivity index (χ4n) is 3.19. The number of ether oxygens (including phenoxy) is 1. The van der Waals surface area contributed by atoms with Gasteiger partial charge < -0.3 is 15.4 Å². The van der Waals surface area contributed by atoms with Crippen LogP contribution < -0.4 is 11.1 Å². The van der Waals surface area contributed by atoms with Crippen LogP contribution in [0, 0.1) is 11.6 Å². The van der Waals surface area contributed by atoms with E-state index in [0.717, 1.165) is 5.39 Å². The van der Waals surface area contributed by atoms with Gasteiger partial charge in [-0.15, -0.1) is 0 Å². The molecule has 10 heteroatoms. The van der Waals surface area contributed by atoms with Crippen LogP contribution in [-0.2, 0) is 16.0 Å². The molecule has 3 N–H and O–H groups in total. The molecule has 0 unspecified atom stereocenters. The van der Waals surface area contributed by atoms with Gasteiger partial charge in [-0.25, -0.2) is 18.6 Å². The number of anilines is 1. The molecule has 174 valence electrons. The van der Waals surface area contributed by atoms with E-state index in [-0.39, 0.29) is 42.7 Å². The second-order valence-corrected chi connectivity index (χ2v) is 7.77. The van der Waals surface area contributed by atoms with Crippen LogP contribution in [0.5, 0.6) is 0 Å². The molecule has 1 aromatic heterocycles. The number of hydrogen-bond donors (Lipinski definition) is 2. The predicted molar refractivity (Wildman–Crippen MR) is 122 cm³/mol. The summed E-state index contributed by atoms with van der Waals surface area (Å²) in [5.41, 5.74) is 6.28. The SMILES string of the molecule is CN(C(=O)CCc1cccc(F)c1Cl)[C@@H](CN)COC(=O)Nc1cc2cc(F)ccc2cn1. The van der Waals surface area contributed by atoms with Crippen LogP contribution >= 0.6 is 11.6 Å². The van der Waals surface area contributed by atoms with Gasteiger partial charge in [0.05, 0.1) is 11.1 Å². The van der Waals surface area contributed by atoms with Gasteiger partial charge in [0.25, 0.3) is 0 Å². The average Bonchev–Trinajstić information content (AvgIpc) is 2.79. The van der Waals surface area contributed by atoms with Crippen LogP contribution in [0.15, 0.2) is 48.7 Å². The molecule has 3 aromatic rings. The molecule has 0 saturated heterocycles. The third-order valence-corrected chi connectivity index (χ3v) is 5.60. The Labute approximate surface area is 194 Å². The number of rotatable bonds is 8. The van der Waals surface area contributed by atoms with Crippen molar-refractivity contribution in [3.63, 3.8) is 0 Å². The number of halogens is 3. The molecule has 0 aliphatic carbocycles. The fourth-order valence-corrected chi connectivity index (χ4v) is 3.41. The van der Waals surface area contributed by atoms with E-state index in [1.165, 1.54) is 41.4 Å². The number of nitrogens with zero attached hydrogens (tertiary/aromatic N) is 2. The van der Waals surface area contributed by atoms with Crippen molar-refractivity contribution in [2.45, 2.75) is 18.9 Å². The second-order valence-electron chi connectivity index (χ2n) is 7.39. The largest absolute Gasteiger partial charge is 0.447 e. The Balaban J connectivity index is 1.52. The molecule has 0 saturated carbocycles. The minimum absolute atomic E-state index is 0.00614. The maximum atomic E-state index is 13.6. The molecule has 0 aliphatic rings. The van der Waals surface area contributed by atoms with Crippen LogP contribution in [0.2, 0.25) is 5.02 Å². The monoisotopic (exact) mass is 476 g/mol. The highest BCUT2D eigenvalue weighted by Crippen LogP contribution is 2.21. The molecule has 2 amide bonds. The quantitative estimate of drug-likeness (QED) is 0.509. The molecule has 33 heavy (non-hydrogen) atoms. The van der Waals surface area contributed by atoms with E-state index in [0.29, 0.717) is 10.9 Å². The van der Waals surface area contributed by atoms with Gasteiger partial charge in [-0.2, -0.15) is 0 Å². The maximum absolute atomic E-state index is 13.6. The number of hydrogen-bond acceptors (Lipinski definition) is 5. The first kappa shape index (κ1) is 24.3. The normalized spacial score (nSPS) is 11.8. The van der Waals surface area contributed by atoms with Crippen LogP contribution in [0.4, 0.5) is 19.4 Å². The van der Waals surface area contributed by atoms with E-state index in [9.17, 15) is 18.4 Å². The minimum atomic E-state index is -0.788. The molecule has 1 heterocycles. The summed E-state index contributed by atoms with van der Waals surface area (Å²) in [6.45, 7) is -0.0861. The minimum Gasteiger partial charge on any atom is -0.447 e. The third kappa shape index (κ3) is 6.36. The standard InChI is InChI=1S/C23H23ClF2N4O3/c1-30(21(31)8-6-14-3-2-4-19(26)22(14)24)18(11-27)13-33-23(32)29-20-10-16-9-17(25)7-5-15(16)12-28-20/h2-5,7,9-10,12,18H,6,8,11,13,27H2,1H3,(H,28,29,32)/t18-/m0/s1. The van der Waals surface area contributed by atoms with Gasteiger partial charge in [0.15, 0.2) is 0 Å². The van der Waals surface area contributed by atoms with Crippen molar-refractivity contribution >= 4 is 40.2 Å². The van der Waals surface area contributed by atoms with Crippen molar-refractivity contribution in [2.75, 3.05) is 25.5 Å². The van der Waals surface area contributed by atoms with Gasteiger partial charge in [0.1, 0.15) is 24.1 Å². The number of amides is 2. The lowest BCUT2D eigenvalue weighted by Crippen LogP contribution is -2.45. The van der Waals surface area contributed by atoms with Crippen molar-refractivity contribution < 1.29 is 23.1 Å². The number of pyridine rings is 1. The molecule has 0 radical (unpaired) electrons. The Morgan fingerprint density at radius 3 is 2.76 bits per heavy atom. The summed E-state index contributed by atoms with van der Waals surface area (Å²) in [7, 11) is 1.55. The molecule has 1 atom stereocenters. The summed E-state index contributed by atoms with van der Waals surface area (Å²) in [5, 5.41) is 3.76. The van der Waals surface area contributed by atoms with E-state index in [1.807, 2.05) is 0 Å². The van der Waals surface area contributed by atoms with Crippen LogP contribution in [-0.4, -0.2) is 48.1 Å². The molecule has 0 fully saturated rings. The number of likely N-dealkylation sites (N-methyl/N-ethyl adjacent to an activating group) is 1. The number of carbonyl (C=O) groups is 2. The lowest BCUT2D eigenvalue weighted by molar-refractivity contribution is -0.132. The first-order chi connectivity index (χ1) is 15.8. The highest BCUT2D eigenvalue weighted by atomic mass is 35.5. The number of carbonyl (C=O) groups excluding carboxylic acids is 2. The van der Waals surface area contributed by atoms with Gasteiger partial charge >= 0.3 is 6.09 Å². The van der Waals surface area contributed by atoms with Crippen LogP contribution in [0.1, 0.15) is 12.0 Å². The van der Waals surface area contributed by atoms with Gasteiger partial charge in [-0.3, -0.25) is 10.1 Å². The molecule has 0 aliphatic heterocycles. The lowest BCUT2D eigenvalue weighted by atomic mass is 10.1. The molecular weight excluding hydrogens is 454 g/mol. The topological polar surface area (TPSA) is 97.5 Å². The van der Waals surface area contributed by atoms with E-state index < -0.39 is 23.8 Å². The summed E-state index contributed by atoms with van der Waals surface area (Å²) in [6.07, 6.45) is 1.06. The highest BCUT2D eigenvalue weighted by Gasteiger charge is 2.21. The zero-order valence-electron chi connectivity index (χ0n) is 17.9. The Morgan fingerprint density at radius 1 is 1.21 bits per heavy atom. The first-order valence-corrected chi connectivity index (χ1v) is 10.5. The fraction of sp³-hybridized carbons (Fsp3) is 0.261. The second kappa shape index (κ2) is 11.0. The number of aryl methyl sites for hydroxylation is 1. The van der Waals surface area contributed by atoms with Gasteiger partial charge in [0, 0.05) is 31.6 Å². The van der Waals surface area contributed by atoms with E-state index in [2.05, 4.69) is 10.3 Å². The van der Waals surface area contributed by atoms with Crippen LogP contribution in [0.3, 0.4) is 0 Å². The third-order valence-electron chi connectivity index (χ3n) is 5.17. The van der Waals surface area contributed by atoms with Crippen molar-refractivity contribution in [3.05, 3.63) is 70.9 Å². The van der Waals surface area contributed by atoms with Gasteiger partial charge in [-0.1, -0.05) is 23.7 Å². The van der Waals surface area contributed by atoms with E-state index >= 15 is 0 Å². The summed E-state index contributed by atoms with van der Waals surface area (Å²) >= 11 is 5.93. The highest BCUT2D eigenvalue weighted by molar-refractivity contribution is 6.31. The number of benzene rings is 2. The van der Waals surface area contributed by atoms with Gasteiger partial charge in [-0.05, 0) is 47.7 Å². The maximum Gasteiger partial charge on any atom is 0.412 e.